The van der Waals surface area contributed by atoms with E-state index in [1.54, 1.807) is 60.4 Å². The van der Waals surface area contributed by atoms with E-state index in [0.717, 1.165) is 49.2 Å². The molecule has 4 aromatic rings. The van der Waals surface area contributed by atoms with Crippen molar-refractivity contribution in [2.24, 2.45) is 5.92 Å². The summed E-state index contributed by atoms with van der Waals surface area (Å²) in [5.74, 6) is 12.0. The average Bonchev–Trinajstić information content (AvgIpc) is 3.15. The Morgan fingerprint density at radius 1 is 0.654 bits per heavy atom. The van der Waals surface area contributed by atoms with Crippen molar-refractivity contribution in [3.8, 4) is 23.7 Å². The Hall–Kier alpha value is -5.38. The van der Waals surface area contributed by atoms with Crippen molar-refractivity contribution < 1.29 is 32.3 Å². The van der Waals surface area contributed by atoms with E-state index in [0.29, 0.717) is 59.7 Å². The lowest BCUT2D eigenvalue weighted by molar-refractivity contribution is -0.137. The first-order valence-corrected chi connectivity index (χ1v) is 17.3. The van der Waals surface area contributed by atoms with Crippen LogP contribution in [-0.4, -0.2) is 59.0 Å². The molecule has 2 fully saturated rings. The molecule has 2 aliphatic heterocycles. The molecule has 2 amide bonds. The number of nitrogens with zero attached hydrogens (tertiary/aromatic N) is 2. The number of benzene rings is 4. The second kappa shape index (κ2) is 17.2. The van der Waals surface area contributed by atoms with Crippen LogP contribution in [0.4, 0.5) is 17.6 Å². The van der Waals surface area contributed by atoms with Crippen LogP contribution in [0.2, 0.25) is 0 Å². The molecule has 2 aliphatic rings. The van der Waals surface area contributed by atoms with Crippen LogP contribution in [0.5, 0.6) is 0 Å². The number of piperidine rings is 2. The molecule has 5 nitrogen and oxygen atoms in total. The van der Waals surface area contributed by atoms with Crippen LogP contribution in [-0.2, 0) is 6.18 Å². The van der Waals surface area contributed by atoms with E-state index in [-0.39, 0.29) is 23.7 Å². The van der Waals surface area contributed by atoms with Crippen molar-refractivity contribution in [1.82, 2.24) is 9.80 Å². The van der Waals surface area contributed by atoms with Gasteiger partial charge in [-0.1, -0.05) is 36.7 Å². The minimum atomic E-state index is -4.38. The van der Waals surface area contributed by atoms with Crippen LogP contribution in [0.1, 0.15) is 86.7 Å². The van der Waals surface area contributed by atoms with Crippen molar-refractivity contribution in [2.45, 2.75) is 51.8 Å². The lowest BCUT2D eigenvalue weighted by atomic mass is 9.98. The van der Waals surface area contributed by atoms with E-state index in [9.17, 15) is 32.3 Å². The number of carbonyl (C=O) groups is 2. The van der Waals surface area contributed by atoms with Crippen LogP contribution in [0.15, 0.2) is 91.0 Å². The van der Waals surface area contributed by atoms with Crippen LogP contribution < -0.4 is 0 Å². The molecule has 1 N–H and O–H groups in total. The molecule has 0 radical (unpaired) electrons. The summed E-state index contributed by atoms with van der Waals surface area (Å²) in [6.45, 7) is 6.63. The smallest absolute Gasteiger partial charge is 0.393 e. The monoisotopic (exact) mass is 708 g/mol. The van der Waals surface area contributed by atoms with Crippen LogP contribution in [0.3, 0.4) is 0 Å². The first-order chi connectivity index (χ1) is 24.9. The first-order valence-electron chi connectivity index (χ1n) is 17.3. The number of amides is 2. The predicted molar refractivity (Wildman–Crippen MR) is 193 cm³/mol. The molecule has 9 heteroatoms. The van der Waals surface area contributed by atoms with Gasteiger partial charge in [-0.2, -0.15) is 13.2 Å². The fourth-order valence-electron chi connectivity index (χ4n) is 5.82. The van der Waals surface area contributed by atoms with Gasteiger partial charge in [-0.25, -0.2) is 4.39 Å². The Morgan fingerprint density at radius 2 is 1.10 bits per heavy atom. The second-order valence-electron chi connectivity index (χ2n) is 13.2. The molecule has 268 valence electrons. The number of aliphatic hydroxyl groups is 1. The lowest BCUT2D eigenvalue weighted by Gasteiger charge is -2.30. The number of hydrogen-bond donors (Lipinski definition) is 1. The number of halogens is 4. The molecule has 2 saturated heterocycles. The number of likely N-dealkylation sites (tertiary alicyclic amines) is 2. The van der Waals surface area contributed by atoms with E-state index in [1.165, 1.54) is 18.2 Å². The molecule has 52 heavy (non-hydrogen) atoms. The third-order valence-corrected chi connectivity index (χ3v) is 9.14. The van der Waals surface area contributed by atoms with Crippen molar-refractivity contribution >= 4 is 11.8 Å². The topological polar surface area (TPSA) is 60.9 Å². The summed E-state index contributed by atoms with van der Waals surface area (Å²) in [5, 5.41) is 9.53. The number of aliphatic hydroxyl groups excluding tert-OH is 1. The number of hydrogen-bond acceptors (Lipinski definition) is 3. The summed E-state index contributed by atoms with van der Waals surface area (Å²) in [7, 11) is 0. The fourth-order valence-corrected chi connectivity index (χ4v) is 5.82. The molecule has 0 unspecified atom stereocenters. The summed E-state index contributed by atoms with van der Waals surface area (Å²) in [6.07, 6.45) is -1.37. The van der Waals surface area contributed by atoms with Crippen LogP contribution in [0, 0.1) is 42.3 Å². The van der Waals surface area contributed by atoms with Gasteiger partial charge in [0.05, 0.1) is 11.7 Å². The molecule has 2 heterocycles. The lowest BCUT2D eigenvalue weighted by Crippen LogP contribution is -2.40. The summed E-state index contributed by atoms with van der Waals surface area (Å²) >= 11 is 0. The molecule has 0 atom stereocenters. The van der Waals surface area contributed by atoms with E-state index < -0.39 is 11.7 Å². The molecule has 4 aromatic carbocycles. The minimum Gasteiger partial charge on any atom is -0.393 e. The van der Waals surface area contributed by atoms with Gasteiger partial charge >= 0.3 is 6.18 Å². The van der Waals surface area contributed by atoms with Gasteiger partial charge in [0.15, 0.2) is 0 Å². The highest BCUT2D eigenvalue weighted by molar-refractivity contribution is 5.95. The third kappa shape index (κ3) is 10.6. The first kappa shape index (κ1) is 37.9. The Kier molecular flexibility index (Phi) is 12.5. The number of alkyl halides is 3. The van der Waals surface area contributed by atoms with Gasteiger partial charge in [0.1, 0.15) is 5.82 Å². The quantitative estimate of drug-likeness (QED) is 0.169. The Bertz CT molecular complexity index is 1980. The summed E-state index contributed by atoms with van der Waals surface area (Å²) in [6, 6.07) is 23.8. The highest BCUT2D eigenvalue weighted by atomic mass is 19.4. The number of aryl methyl sites for hydroxylation is 1. The zero-order valence-electron chi connectivity index (χ0n) is 29.1. The Morgan fingerprint density at radius 3 is 1.58 bits per heavy atom. The third-order valence-electron chi connectivity index (χ3n) is 9.14. The van der Waals surface area contributed by atoms with Gasteiger partial charge in [0.2, 0.25) is 0 Å². The highest BCUT2D eigenvalue weighted by Crippen LogP contribution is 2.29. The van der Waals surface area contributed by atoms with E-state index in [2.05, 4.69) is 30.6 Å². The van der Waals surface area contributed by atoms with Gasteiger partial charge in [-0.3, -0.25) is 9.59 Å². The summed E-state index contributed by atoms with van der Waals surface area (Å²) < 4.78 is 51.5. The molecule has 0 spiro atoms. The standard InChI is InChI=1S/C22H20F3NO.C21H20FNO2/c1-16-11-13-26(14-12-16)21(27)19-9-7-17(8-10-19)5-6-18-3-2-4-20(15-18)22(23,24)25;1-15-14-17(6-9-20(15)22)3-2-16-4-7-18(8-5-16)21(25)23-12-10-19(24)11-13-23/h2-4,7-10,15-16H,11-14H2,1H3;4-9,14,19,24H,10-13H2,1H3. The Labute approximate surface area is 302 Å². The Balaban J connectivity index is 0.000000202. The van der Waals surface area contributed by atoms with Crippen molar-refractivity contribution in [1.29, 1.82) is 0 Å². The molecule has 0 aromatic heterocycles. The van der Waals surface area contributed by atoms with E-state index in [1.807, 2.05) is 17.0 Å². The summed E-state index contributed by atoms with van der Waals surface area (Å²) in [4.78, 5) is 28.6. The zero-order chi connectivity index (χ0) is 37.3. The SMILES string of the molecule is CC1CCN(C(=O)c2ccc(C#Cc3cccc(C(F)(F)F)c3)cc2)CC1.Cc1cc(C#Cc2ccc(C(=O)N3CCC(O)CC3)cc2)ccc1F. The maximum absolute atomic E-state index is 13.3. The van der Waals surface area contributed by atoms with E-state index in [4.69, 9.17) is 0 Å². The molecular weight excluding hydrogens is 668 g/mol. The zero-order valence-corrected chi connectivity index (χ0v) is 29.1. The van der Waals surface area contributed by atoms with Gasteiger partial charge in [-0.15, -0.1) is 0 Å². The maximum Gasteiger partial charge on any atom is 0.416 e. The predicted octanol–water partition coefficient (Wildman–Crippen LogP) is 8.11. The molecular formula is C43H40F4N2O3. The molecule has 0 saturated carbocycles. The van der Waals surface area contributed by atoms with Crippen molar-refractivity contribution in [3.05, 3.63) is 141 Å². The van der Waals surface area contributed by atoms with Crippen LogP contribution in [0.25, 0.3) is 0 Å². The molecule has 0 bridgehead atoms. The van der Waals surface area contributed by atoms with E-state index >= 15 is 0 Å². The average molecular weight is 709 g/mol. The molecule has 6 rings (SSSR count). The maximum atomic E-state index is 13.3. The summed E-state index contributed by atoms with van der Waals surface area (Å²) in [5.41, 5.74) is 3.58. The van der Waals surface area contributed by atoms with Crippen molar-refractivity contribution in [3.63, 3.8) is 0 Å². The van der Waals surface area contributed by atoms with Gasteiger partial charge < -0.3 is 14.9 Å². The second-order valence-corrected chi connectivity index (χ2v) is 13.2. The van der Waals surface area contributed by atoms with Gasteiger partial charge in [0, 0.05) is 59.6 Å². The minimum absolute atomic E-state index is 0.0132. The van der Waals surface area contributed by atoms with Gasteiger partial charge in [-0.05, 0) is 129 Å². The normalized spacial score (nSPS) is 15.0. The number of rotatable bonds is 2. The fraction of sp³-hybridized carbons (Fsp3) is 0.302. The largest absolute Gasteiger partial charge is 0.416 e. The highest BCUT2D eigenvalue weighted by Gasteiger charge is 2.30. The van der Waals surface area contributed by atoms with Crippen molar-refractivity contribution in [2.75, 3.05) is 26.2 Å². The molecule has 0 aliphatic carbocycles. The number of carbonyl (C=O) groups excluding carboxylic acids is 2. The van der Waals surface area contributed by atoms with Gasteiger partial charge in [0.25, 0.3) is 11.8 Å². The van der Waals surface area contributed by atoms with Crippen LogP contribution >= 0.6 is 0 Å².